The first-order valence-electron chi connectivity index (χ1n) is 7.13. The van der Waals surface area contributed by atoms with Gasteiger partial charge in [-0.1, -0.05) is 6.07 Å². The van der Waals surface area contributed by atoms with E-state index >= 15 is 0 Å². The minimum absolute atomic E-state index is 0.130. The fraction of sp³-hybridized carbons (Fsp3) is 0.125. The van der Waals surface area contributed by atoms with Crippen molar-refractivity contribution in [3.63, 3.8) is 0 Å². The monoisotopic (exact) mass is 324 g/mol. The molecule has 0 aliphatic rings. The van der Waals surface area contributed by atoms with E-state index in [0.29, 0.717) is 28.8 Å². The largest absolute Gasteiger partial charge is 0.370 e. The number of nitrogens with one attached hydrogen (secondary N) is 1. The van der Waals surface area contributed by atoms with Gasteiger partial charge in [0.05, 0.1) is 10.9 Å². The average Bonchev–Trinajstić information content (AvgIpc) is 2.90. The van der Waals surface area contributed by atoms with Crippen LogP contribution in [0, 0.1) is 17.1 Å². The molecule has 3 aromatic rings. The molecule has 0 radical (unpaired) electrons. The van der Waals surface area contributed by atoms with Crippen LogP contribution in [0.25, 0.3) is 11.0 Å². The second kappa shape index (κ2) is 6.34. The summed E-state index contributed by atoms with van der Waals surface area (Å²) in [4.78, 5) is 19.5. The van der Waals surface area contributed by atoms with Crippen molar-refractivity contribution in [2.24, 2.45) is 5.73 Å². The molecule has 0 saturated heterocycles. The third-order valence-corrected chi connectivity index (χ3v) is 3.42. The van der Waals surface area contributed by atoms with Crippen LogP contribution in [0.15, 0.2) is 36.7 Å². The first-order chi connectivity index (χ1) is 11.6. The Kier molecular flexibility index (Phi) is 4.07. The number of aryl methyl sites for hydroxylation is 1. The molecule has 8 heteroatoms. The molecule has 0 saturated carbocycles. The average molecular weight is 324 g/mol. The van der Waals surface area contributed by atoms with Crippen molar-refractivity contribution in [2.75, 3.05) is 5.32 Å². The highest BCUT2D eigenvalue weighted by Crippen LogP contribution is 2.21. The number of benzene rings is 1. The van der Waals surface area contributed by atoms with Crippen LogP contribution >= 0.6 is 0 Å². The van der Waals surface area contributed by atoms with Crippen LogP contribution in [0.2, 0.25) is 0 Å². The molecule has 1 amide bonds. The van der Waals surface area contributed by atoms with Gasteiger partial charge in [-0.3, -0.25) is 4.79 Å². The molecule has 2 heterocycles. The maximum atomic E-state index is 13.2. The van der Waals surface area contributed by atoms with Gasteiger partial charge in [0.15, 0.2) is 0 Å². The number of carbonyl (C=O) groups excluding carboxylic acids is 1. The molecule has 120 valence electrons. The molecule has 7 nitrogen and oxygen atoms in total. The second-order valence-corrected chi connectivity index (χ2v) is 5.13. The minimum atomic E-state index is -0.442. The van der Waals surface area contributed by atoms with Crippen LogP contribution in [0.4, 0.5) is 16.0 Å². The molecule has 2 aromatic heterocycles. The number of nitrogens with zero attached hydrogens (tertiary/aromatic N) is 4. The van der Waals surface area contributed by atoms with Crippen molar-refractivity contribution in [3.8, 4) is 6.07 Å². The van der Waals surface area contributed by atoms with Crippen molar-refractivity contribution in [1.29, 1.82) is 5.26 Å². The van der Waals surface area contributed by atoms with Gasteiger partial charge in [0, 0.05) is 31.0 Å². The number of primary amides is 1. The van der Waals surface area contributed by atoms with E-state index in [-0.39, 0.29) is 18.2 Å². The van der Waals surface area contributed by atoms with Gasteiger partial charge in [-0.25, -0.2) is 9.37 Å². The zero-order valence-corrected chi connectivity index (χ0v) is 12.5. The van der Waals surface area contributed by atoms with Crippen molar-refractivity contribution >= 4 is 28.6 Å². The van der Waals surface area contributed by atoms with E-state index in [0.717, 1.165) is 0 Å². The standard InChI is InChI=1S/C16H13FN6O/c17-11-2-1-3-12(6-11)21-16-20-8-13-10(7-18)9-23(15(13)22-16)5-4-14(19)24/h1-3,6,8-9H,4-5H2,(H2,19,24)(H,20,21,22). The fourth-order valence-corrected chi connectivity index (χ4v) is 2.31. The van der Waals surface area contributed by atoms with Crippen LogP contribution in [-0.2, 0) is 11.3 Å². The van der Waals surface area contributed by atoms with E-state index in [1.54, 1.807) is 22.9 Å². The molecule has 0 aliphatic heterocycles. The van der Waals surface area contributed by atoms with E-state index in [1.165, 1.54) is 18.3 Å². The molecule has 0 atom stereocenters. The summed E-state index contributed by atoms with van der Waals surface area (Å²) in [5, 5.41) is 12.7. The third-order valence-electron chi connectivity index (χ3n) is 3.42. The number of fused-ring (bicyclic) bond motifs is 1. The highest BCUT2D eigenvalue weighted by atomic mass is 19.1. The van der Waals surface area contributed by atoms with Gasteiger partial charge in [0.1, 0.15) is 17.5 Å². The Hall–Kier alpha value is -3.47. The number of carbonyl (C=O) groups is 1. The SMILES string of the molecule is N#Cc1cn(CCC(N)=O)c2nc(Nc3cccc(F)c3)ncc12. The number of anilines is 2. The van der Waals surface area contributed by atoms with Crippen LogP contribution in [0.1, 0.15) is 12.0 Å². The molecule has 0 fully saturated rings. The topological polar surface area (TPSA) is 110 Å². The van der Waals surface area contributed by atoms with Gasteiger partial charge in [0.25, 0.3) is 0 Å². The van der Waals surface area contributed by atoms with Crippen LogP contribution in [-0.4, -0.2) is 20.4 Å². The first kappa shape index (κ1) is 15.4. The highest BCUT2D eigenvalue weighted by Gasteiger charge is 2.12. The Morgan fingerprint density at radius 1 is 1.46 bits per heavy atom. The number of nitrogens with two attached hydrogens (primary N) is 1. The Bertz CT molecular complexity index is 959. The lowest BCUT2D eigenvalue weighted by Gasteiger charge is -2.06. The van der Waals surface area contributed by atoms with E-state index < -0.39 is 5.91 Å². The lowest BCUT2D eigenvalue weighted by molar-refractivity contribution is -0.118. The second-order valence-electron chi connectivity index (χ2n) is 5.13. The van der Waals surface area contributed by atoms with E-state index in [9.17, 15) is 14.4 Å². The highest BCUT2D eigenvalue weighted by molar-refractivity contribution is 5.84. The Morgan fingerprint density at radius 3 is 3.00 bits per heavy atom. The van der Waals surface area contributed by atoms with E-state index in [1.807, 2.05) is 0 Å². The lowest BCUT2D eigenvalue weighted by Crippen LogP contribution is -2.13. The summed E-state index contributed by atoms with van der Waals surface area (Å²) in [6.07, 6.45) is 3.25. The summed E-state index contributed by atoms with van der Waals surface area (Å²) in [5.74, 6) is -0.559. The molecule has 0 spiro atoms. The molecule has 1 aromatic carbocycles. The van der Waals surface area contributed by atoms with Gasteiger partial charge in [-0.2, -0.15) is 10.2 Å². The Labute approximate surface area is 136 Å². The molecule has 24 heavy (non-hydrogen) atoms. The van der Waals surface area contributed by atoms with Crippen LogP contribution in [0.5, 0.6) is 0 Å². The summed E-state index contributed by atoms with van der Waals surface area (Å²) in [6.45, 7) is 0.309. The number of halogens is 1. The molecule has 0 unspecified atom stereocenters. The lowest BCUT2D eigenvalue weighted by atomic mass is 10.3. The molecule has 0 bridgehead atoms. The quantitative estimate of drug-likeness (QED) is 0.746. The van der Waals surface area contributed by atoms with Gasteiger partial charge in [-0.15, -0.1) is 0 Å². The van der Waals surface area contributed by atoms with Crippen molar-refractivity contribution in [3.05, 3.63) is 48.0 Å². The number of nitriles is 1. The predicted octanol–water partition coefficient (Wildman–Crippen LogP) is 2.06. The molecule has 3 rings (SSSR count). The normalized spacial score (nSPS) is 10.5. The molecule has 3 N–H and O–H groups in total. The number of hydrogen-bond acceptors (Lipinski definition) is 5. The van der Waals surface area contributed by atoms with Gasteiger partial charge >= 0.3 is 0 Å². The zero-order valence-electron chi connectivity index (χ0n) is 12.5. The zero-order chi connectivity index (χ0) is 17.1. The van der Waals surface area contributed by atoms with Crippen LogP contribution < -0.4 is 11.1 Å². The van der Waals surface area contributed by atoms with E-state index in [2.05, 4.69) is 21.4 Å². The van der Waals surface area contributed by atoms with E-state index in [4.69, 9.17) is 5.73 Å². The summed E-state index contributed by atoms with van der Waals surface area (Å²) in [6, 6.07) is 7.98. The number of hydrogen-bond donors (Lipinski definition) is 2. The van der Waals surface area contributed by atoms with Gasteiger partial charge in [-0.05, 0) is 18.2 Å². The number of aromatic nitrogens is 3. The Balaban J connectivity index is 1.98. The van der Waals surface area contributed by atoms with Crippen LogP contribution in [0.3, 0.4) is 0 Å². The summed E-state index contributed by atoms with van der Waals surface area (Å²) in [5.41, 5.74) is 6.59. The summed E-state index contributed by atoms with van der Waals surface area (Å²) >= 11 is 0. The predicted molar refractivity (Wildman–Crippen MR) is 85.7 cm³/mol. The fourth-order valence-electron chi connectivity index (χ4n) is 2.31. The van der Waals surface area contributed by atoms with Crippen molar-refractivity contribution in [1.82, 2.24) is 14.5 Å². The summed E-state index contributed by atoms with van der Waals surface area (Å²) < 4.78 is 14.9. The van der Waals surface area contributed by atoms with Gasteiger partial charge in [0.2, 0.25) is 11.9 Å². The van der Waals surface area contributed by atoms with Gasteiger partial charge < -0.3 is 15.6 Å². The maximum absolute atomic E-state index is 13.2. The van der Waals surface area contributed by atoms with Crippen molar-refractivity contribution < 1.29 is 9.18 Å². The minimum Gasteiger partial charge on any atom is -0.370 e. The first-order valence-corrected chi connectivity index (χ1v) is 7.13. The number of amides is 1. The molecular formula is C16H13FN6O. The summed E-state index contributed by atoms with van der Waals surface area (Å²) in [7, 11) is 0. The smallest absolute Gasteiger partial charge is 0.229 e. The third kappa shape index (κ3) is 3.15. The maximum Gasteiger partial charge on any atom is 0.229 e. The van der Waals surface area contributed by atoms with Crippen molar-refractivity contribution in [2.45, 2.75) is 13.0 Å². The molecule has 0 aliphatic carbocycles. The Morgan fingerprint density at radius 2 is 2.29 bits per heavy atom. The molecular weight excluding hydrogens is 311 g/mol. The number of rotatable bonds is 5.